The fraction of sp³-hybridized carbons (Fsp3) is 0.227. The first-order chi connectivity index (χ1) is 14.6. The van der Waals surface area contributed by atoms with E-state index in [9.17, 15) is 0 Å². The van der Waals surface area contributed by atoms with Crippen LogP contribution in [0.15, 0.2) is 75.1 Å². The van der Waals surface area contributed by atoms with Crippen molar-refractivity contribution in [3.8, 4) is 0 Å². The molecule has 2 aromatic carbocycles. The van der Waals surface area contributed by atoms with Crippen LogP contribution in [0, 0.1) is 6.92 Å². The molecule has 0 N–H and O–H groups in total. The Kier molecular flexibility index (Phi) is 6.25. The van der Waals surface area contributed by atoms with E-state index >= 15 is 0 Å². The molecule has 0 bridgehead atoms. The third kappa shape index (κ3) is 4.77. The summed E-state index contributed by atoms with van der Waals surface area (Å²) in [7, 11) is 0. The number of hydrogen-bond donors (Lipinski definition) is 0. The van der Waals surface area contributed by atoms with Crippen LogP contribution in [-0.4, -0.2) is 18.1 Å². The molecule has 0 aliphatic heterocycles. The maximum absolute atomic E-state index is 4.55. The second kappa shape index (κ2) is 9.23. The van der Waals surface area contributed by atoms with Gasteiger partial charge in [-0.25, -0.2) is 4.98 Å². The van der Waals surface area contributed by atoms with Crippen molar-refractivity contribution in [2.24, 2.45) is 20.5 Å². The fourth-order valence-corrected chi connectivity index (χ4v) is 4.79. The molecule has 0 radical (unpaired) electrons. The Bertz CT molecular complexity index is 1140. The lowest BCUT2D eigenvalue weighted by Gasteiger charge is -2.20. The Hall–Kier alpha value is -2.97. The second-order valence-corrected chi connectivity index (χ2v) is 8.69. The minimum absolute atomic E-state index is 0.645. The summed E-state index contributed by atoms with van der Waals surface area (Å²) in [6, 6.07) is 18.1. The summed E-state index contributed by atoms with van der Waals surface area (Å²) in [5.74, 6) is 0. The first-order valence-corrected chi connectivity index (χ1v) is 11.4. The number of rotatable bonds is 7. The van der Waals surface area contributed by atoms with Gasteiger partial charge in [-0.3, -0.25) is 0 Å². The average Bonchev–Trinajstić information content (AvgIpc) is 3.32. The smallest absolute Gasteiger partial charge is 0.231 e. The largest absolute Gasteiger partial charge is 0.372 e. The van der Waals surface area contributed by atoms with Gasteiger partial charge in [0.05, 0.1) is 16.1 Å². The molecule has 0 spiro atoms. The van der Waals surface area contributed by atoms with E-state index in [-0.39, 0.29) is 0 Å². The Morgan fingerprint density at radius 1 is 0.800 bits per heavy atom. The van der Waals surface area contributed by atoms with Crippen molar-refractivity contribution < 1.29 is 0 Å². The van der Waals surface area contributed by atoms with Gasteiger partial charge >= 0.3 is 0 Å². The summed E-state index contributed by atoms with van der Waals surface area (Å²) >= 11 is 3.01. The summed E-state index contributed by atoms with van der Waals surface area (Å²) in [4.78, 5) is 7.76. The van der Waals surface area contributed by atoms with Crippen LogP contribution in [0.4, 0.5) is 27.2 Å². The Morgan fingerprint density at radius 3 is 2.07 bits per heavy atom. The van der Waals surface area contributed by atoms with Crippen LogP contribution >= 0.6 is 22.7 Å². The quantitative estimate of drug-likeness (QED) is 0.274. The summed E-state index contributed by atoms with van der Waals surface area (Å²) < 4.78 is 1.05. The zero-order valence-corrected chi connectivity index (χ0v) is 18.7. The maximum atomic E-state index is 4.55. The van der Waals surface area contributed by atoms with Crippen molar-refractivity contribution in [3.05, 3.63) is 60.2 Å². The molecule has 2 heterocycles. The molecule has 0 atom stereocenters. The van der Waals surface area contributed by atoms with E-state index in [0.717, 1.165) is 39.0 Å². The van der Waals surface area contributed by atoms with Gasteiger partial charge in [0.25, 0.3) is 0 Å². The van der Waals surface area contributed by atoms with Crippen LogP contribution in [0.5, 0.6) is 0 Å². The lowest BCUT2D eigenvalue weighted by molar-refractivity contribution is 0.866. The number of fused-ring (bicyclic) bond motifs is 1. The SMILES string of the molecule is CCN(CC)c1ccc(N=Nc2nc3sc(N=Nc4ccc(C)cc4)cc3s2)cc1. The van der Waals surface area contributed by atoms with Crippen LogP contribution in [-0.2, 0) is 0 Å². The van der Waals surface area contributed by atoms with Crippen LogP contribution in [0.2, 0.25) is 0 Å². The maximum Gasteiger partial charge on any atom is 0.231 e. The highest BCUT2D eigenvalue weighted by molar-refractivity contribution is 7.30. The molecular weight excluding hydrogens is 412 g/mol. The number of benzene rings is 2. The number of thiophene rings is 1. The number of nitrogens with zero attached hydrogens (tertiary/aromatic N) is 6. The van der Waals surface area contributed by atoms with Gasteiger partial charge in [-0.1, -0.05) is 40.4 Å². The van der Waals surface area contributed by atoms with E-state index in [0.29, 0.717) is 5.13 Å². The summed E-state index contributed by atoms with van der Waals surface area (Å²) in [6.07, 6.45) is 0. The molecule has 4 aromatic rings. The standard InChI is InChI=1S/C22H22N6S2/c1-4-28(5-2)18-12-10-17(11-13-18)25-27-22-23-21-19(29-22)14-20(30-21)26-24-16-8-6-15(3)7-9-16/h6-14H,4-5H2,1-3H3. The van der Waals surface area contributed by atoms with Crippen molar-refractivity contribution in [1.29, 1.82) is 0 Å². The van der Waals surface area contributed by atoms with Crippen molar-refractivity contribution in [1.82, 2.24) is 4.98 Å². The molecule has 0 saturated heterocycles. The second-order valence-electron chi connectivity index (χ2n) is 6.67. The monoisotopic (exact) mass is 434 g/mol. The van der Waals surface area contributed by atoms with Crippen LogP contribution in [0.3, 0.4) is 0 Å². The first-order valence-electron chi connectivity index (χ1n) is 9.80. The molecule has 8 heteroatoms. The summed E-state index contributed by atoms with van der Waals surface area (Å²) in [5, 5.41) is 18.7. The minimum atomic E-state index is 0.645. The predicted octanol–water partition coefficient (Wildman–Crippen LogP) is 8.34. The van der Waals surface area contributed by atoms with Crippen LogP contribution in [0.1, 0.15) is 19.4 Å². The van der Waals surface area contributed by atoms with Gasteiger partial charge in [0.15, 0.2) is 0 Å². The van der Waals surface area contributed by atoms with E-state index in [1.807, 2.05) is 42.5 Å². The van der Waals surface area contributed by atoms with Gasteiger partial charge in [0.2, 0.25) is 5.13 Å². The Balaban J connectivity index is 1.44. The molecule has 2 aromatic heterocycles. The number of azo groups is 2. The van der Waals surface area contributed by atoms with E-state index in [4.69, 9.17) is 0 Å². The summed E-state index contributed by atoms with van der Waals surface area (Å²) in [5.41, 5.74) is 4.06. The lowest BCUT2D eigenvalue weighted by atomic mass is 10.2. The normalized spacial score (nSPS) is 11.8. The van der Waals surface area contributed by atoms with Crippen LogP contribution in [0.25, 0.3) is 9.53 Å². The van der Waals surface area contributed by atoms with E-state index in [2.05, 4.69) is 63.2 Å². The van der Waals surface area contributed by atoms with Crippen molar-refractivity contribution in [3.63, 3.8) is 0 Å². The molecule has 30 heavy (non-hydrogen) atoms. The first kappa shape index (κ1) is 20.3. The van der Waals surface area contributed by atoms with Gasteiger partial charge in [-0.15, -0.1) is 20.5 Å². The number of aryl methyl sites for hydroxylation is 1. The van der Waals surface area contributed by atoms with Gasteiger partial charge in [-0.05, 0) is 63.2 Å². The molecule has 0 saturated carbocycles. The van der Waals surface area contributed by atoms with Gasteiger partial charge in [0.1, 0.15) is 9.83 Å². The highest BCUT2D eigenvalue weighted by Gasteiger charge is 2.08. The lowest BCUT2D eigenvalue weighted by Crippen LogP contribution is -2.21. The molecule has 152 valence electrons. The molecule has 6 nitrogen and oxygen atoms in total. The third-order valence-electron chi connectivity index (χ3n) is 4.59. The molecule has 0 aliphatic carbocycles. The summed E-state index contributed by atoms with van der Waals surface area (Å²) in [6.45, 7) is 8.33. The molecular formula is C22H22N6S2. The number of anilines is 1. The molecule has 0 fully saturated rings. The zero-order valence-electron chi connectivity index (χ0n) is 17.1. The number of thiazole rings is 1. The zero-order chi connectivity index (χ0) is 20.9. The number of hydrogen-bond acceptors (Lipinski definition) is 8. The molecule has 0 aliphatic rings. The fourth-order valence-electron chi connectivity index (χ4n) is 2.94. The van der Waals surface area contributed by atoms with Gasteiger partial charge in [0, 0.05) is 18.8 Å². The third-order valence-corrected chi connectivity index (χ3v) is 6.52. The Labute approximate surface area is 183 Å². The highest BCUT2D eigenvalue weighted by Crippen LogP contribution is 2.39. The van der Waals surface area contributed by atoms with Crippen molar-refractivity contribution >= 4 is 59.4 Å². The number of aromatic nitrogens is 1. The Morgan fingerprint density at radius 2 is 1.43 bits per heavy atom. The minimum Gasteiger partial charge on any atom is -0.372 e. The van der Waals surface area contributed by atoms with Gasteiger partial charge in [-0.2, -0.15) is 0 Å². The predicted molar refractivity (Wildman–Crippen MR) is 127 cm³/mol. The molecule has 0 amide bonds. The molecule has 0 unspecified atom stereocenters. The van der Waals surface area contributed by atoms with Gasteiger partial charge < -0.3 is 4.90 Å². The van der Waals surface area contributed by atoms with E-state index in [1.165, 1.54) is 33.9 Å². The van der Waals surface area contributed by atoms with E-state index < -0.39 is 0 Å². The average molecular weight is 435 g/mol. The topological polar surface area (TPSA) is 65.6 Å². The molecule has 4 rings (SSSR count). The van der Waals surface area contributed by atoms with E-state index in [1.54, 1.807) is 0 Å². The van der Waals surface area contributed by atoms with Crippen molar-refractivity contribution in [2.75, 3.05) is 18.0 Å². The van der Waals surface area contributed by atoms with Crippen molar-refractivity contribution in [2.45, 2.75) is 20.8 Å². The van der Waals surface area contributed by atoms with Crippen LogP contribution < -0.4 is 4.90 Å². The highest BCUT2D eigenvalue weighted by atomic mass is 32.1.